The van der Waals surface area contributed by atoms with Gasteiger partial charge in [-0.3, -0.25) is 0 Å². The molecule has 0 saturated heterocycles. The van der Waals surface area contributed by atoms with Crippen molar-refractivity contribution in [2.75, 3.05) is 6.61 Å². The number of carbonyl (C=O) groups excluding carboxylic acids is 1. The molecule has 1 aromatic rings. The average molecular weight is 233 g/mol. The van der Waals surface area contributed by atoms with E-state index in [2.05, 4.69) is 0 Å². The van der Waals surface area contributed by atoms with Gasteiger partial charge in [-0.2, -0.15) is 5.26 Å². The van der Waals surface area contributed by atoms with E-state index in [1.807, 2.05) is 6.07 Å². The molecule has 1 rings (SSSR count). The minimum Gasteiger partial charge on any atom is -0.476 e. The van der Waals surface area contributed by atoms with Gasteiger partial charge in [0.25, 0.3) is 0 Å². The van der Waals surface area contributed by atoms with Gasteiger partial charge >= 0.3 is 5.97 Å². The van der Waals surface area contributed by atoms with Crippen LogP contribution in [0.5, 0.6) is 5.75 Å². The van der Waals surface area contributed by atoms with E-state index in [0.717, 1.165) is 0 Å². The summed E-state index contributed by atoms with van der Waals surface area (Å²) in [6.07, 6.45) is 0. The van der Waals surface area contributed by atoms with Crippen molar-refractivity contribution in [1.29, 1.82) is 5.26 Å². The van der Waals surface area contributed by atoms with Crippen molar-refractivity contribution in [3.05, 3.63) is 29.8 Å². The topological polar surface area (TPSA) is 59.3 Å². The Morgan fingerprint density at radius 2 is 1.94 bits per heavy atom. The molecule has 0 atom stereocenters. The van der Waals surface area contributed by atoms with E-state index in [0.29, 0.717) is 17.9 Å². The predicted octanol–water partition coefficient (Wildman–Crippen LogP) is 2.28. The van der Waals surface area contributed by atoms with Crippen LogP contribution in [0.15, 0.2) is 24.3 Å². The van der Waals surface area contributed by atoms with Gasteiger partial charge in [0.15, 0.2) is 5.60 Å². The largest absolute Gasteiger partial charge is 0.476 e. The first-order valence-electron chi connectivity index (χ1n) is 5.36. The van der Waals surface area contributed by atoms with Crippen LogP contribution in [0.2, 0.25) is 0 Å². The highest BCUT2D eigenvalue weighted by Gasteiger charge is 2.31. The molecule has 0 spiro atoms. The Morgan fingerprint density at radius 1 is 1.35 bits per heavy atom. The highest BCUT2D eigenvalue weighted by Crippen LogP contribution is 2.19. The van der Waals surface area contributed by atoms with Gasteiger partial charge in [0, 0.05) is 0 Å². The van der Waals surface area contributed by atoms with Gasteiger partial charge in [-0.15, -0.1) is 0 Å². The van der Waals surface area contributed by atoms with E-state index < -0.39 is 11.6 Å². The first-order chi connectivity index (χ1) is 7.99. The highest BCUT2D eigenvalue weighted by atomic mass is 16.6. The summed E-state index contributed by atoms with van der Waals surface area (Å²) in [7, 11) is 0. The van der Waals surface area contributed by atoms with E-state index >= 15 is 0 Å². The maximum atomic E-state index is 11.6. The van der Waals surface area contributed by atoms with Crippen LogP contribution in [0.4, 0.5) is 0 Å². The minimum atomic E-state index is -1.04. The van der Waals surface area contributed by atoms with Gasteiger partial charge in [0.05, 0.1) is 18.2 Å². The molecule has 0 amide bonds. The molecule has 0 aliphatic rings. The zero-order valence-electron chi connectivity index (χ0n) is 10.2. The second-order valence-corrected chi connectivity index (χ2v) is 3.97. The zero-order valence-corrected chi connectivity index (χ0v) is 10.2. The van der Waals surface area contributed by atoms with Gasteiger partial charge in [-0.05, 0) is 45.0 Å². The molecule has 0 aliphatic carbocycles. The van der Waals surface area contributed by atoms with E-state index in [1.165, 1.54) is 0 Å². The second kappa shape index (κ2) is 5.35. The van der Waals surface area contributed by atoms with Gasteiger partial charge in [-0.25, -0.2) is 4.79 Å². The maximum Gasteiger partial charge on any atom is 0.349 e. The summed E-state index contributed by atoms with van der Waals surface area (Å²) in [6, 6.07) is 8.59. The van der Waals surface area contributed by atoms with Crippen LogP contribution in [0.3, 0.4) is 0 Å². The van der Waals surface area contributed by atoms with Crippen LogP contribution in [0.1, 0.15) is 26.3 Å². The fourth-order valence-corrected chi connectivity index (χ4v) is 1.24. The van der Waals surface area contributed by atoms with Crippen molar-refractivity contribution in [1.82, 2.24) is 0 Å². The summed E-state index contributed by atoms with van der Waals surface area (Å²) in [5.41, 5.74) is -0.490. The number of hydrogen-bond acceptors (Lipinski definition) is 4. The Labute approximate surface area is 101 Å². The normalized spacial score (nSPS) is 10.5. The third-order valence-electron chi connectivity index (χ3n) is 2.12. The van der Waals surface area contributed by atoms with E-state index in [-0.39, 0.29) is 0 Å². The molecule has 0 aliphatic heterocycles. The lowest BCUT2D eigenvalue weighted by Gasteiger charge is -2.23. The Morgan fingerprint density at radius 3 is 2.41 bits per heavy atom. The molecule has 0 heterocycles. The number of carbonyl (C=O) groups is 1. The van der Waals surface area contributed by atoms with Crippen molar-refractivity contribution in [2.24, 2.45) is 0 Å². The van der Waals surface area contributed by atoms with Crippen molar-refractivity contribution >= 4 is 5.97 Å². The van der Waals surface area contributed by atoms with Crippen molar-refractivity contribution < 1.29 is 14.3 Å². The van der Waals surface area contributed by atoms with E-state index in [9.17, 15) is 4.79 Å². The second-order valence-electron chi connectivity index (χ2n) is 3.97. The van der Waals surface area contributed by atoms with Gasteiger partial charge in [0.1, 0.15) is 5.75 Å². The summed E-state index contributed by atoms with van der Waals surface area (Å²) < 4.78 is 10.4. The average Bonchev–Trinajstić information content (AvgIpc) is 2.30. The van der Waals surface area contributed by atoms with Crippen LogP contribution < -0.4 is 4.74 Å². The van der Waals surface area contributed by atoms with E-state index in [1.54, 1.807) is 45.0 Å². The molecule has 0 N–H and O–H groups in total. The molecule has 17 heavy (non-hydrogen) atoms. The fraction of sp³-hybridized carbons (Fsp3) is 0.385. The third kappa shape index (κ3) is 3.49. The summed E-state index contributed by atoms with van der Waals surface area (Å²) in [5.74, 6) is 0.117. The first-order valence-corrected chi connectivity index (χ1v) is 5.36. The summed E-state index contributed by atoms with van der Waals surface area (Å²) in [4.78, 5) is 11.6. The lowest BCUT2D eigenvalue weighted by atomic mass is 10.1. The molecule has 4 heteroatoms. The summed E-state index contributed by atoms with van der Waals surface area (Å²) in [5, 5.41) is 8.65. The van der Waals surface area contributed by atoms with Gasteiger partial charge in [0.2, 0.25) is 0 Å². The van der Waals surface area contributed by atoms with Crippen LogP contribution in [0, 0.1) is 11.3 Å². The molecule has 4 nitrogen and oxygen atoms in total. The molecule has 90 valence electrons. The van der Waals surface area contributed by atoms with Crippen LogP contribution in [0.25, 0.3) is 0 Å². The third-order valence-corrected chi connectivity index (χ3v) is 2.12. The molecule has 0 bridgehead atoms. The molecular formula is C13H15NO3. The Bertz CT molecular complexity index is 429. The monoisotopic (exact) mass is 233 g/mol. The molecule has 0 aromatic heterocycles. The van der Waals surface area contributed by atoms with Crippen LogP contribution in [-0.4, -0.2) is 18.2 Å². The Hall–Kier alpha value is -2.02. The number of nitrogens with zero attached hydrogens (tertiary/aromatic N) is 1. The zero-order chi connectivity index (χ0) is 12.9. The van der Waals surface area contributed by atoms with Crippen molar-refractivity contribution in [3.63, 3.8) is 0 Å². The number of ether oxygens (including phenoxy) is 2. The quantitative estimate of drug-likeness (QED) is 0.748. The minimum absolute atomic E-state index is 0.318. The first kappa shape index (κ1) is 13.0. The molecule has 1 aromatic carbocycles. The number of hydrogen-bond donors (Lipinski definition) is 0. The Balaban J connectivity index is 2.76. The van der Waals surface area contributed by atoms with Crippen LogP contribution in [-0.2, 0) is 9.53 Å². The number of esters is 1. The summed E-state index contributed by atoms with van der Waals surface area (Å²) in [6.45, 7) is 5.35. The molecule has 0 unspecified atom stereocenters. The number of rotatable bonds is 4. The summed E-state index contributed by atoms with van der Waals surface area (Å²) >= 11 is 0. The maximum absolute atomic E-state index is 11.6. The lowest BCUT2D eigenvalue weighted by Crippen LogP contribution is -2.39. The lowest BCUT2D eigenvalue weighted by molar-refractivity contribution is -0.158. The molecule has 0 saturated carbocycles. The predicted molar refractivity (Wildman–Crippen MR) is 62.5 cm³/mol. The van der Waals surface area contributed by atoms with Crippen molar-refractivity contribution in [3.8, 4) is 11.8 Å². The van der Waals surface area contributed by atoms with Crippen molar-refractivity contribution in [2.45, 2.75) is 26.4 Å². The standard InChI is InChI=1S/C13H15NO3/c1-4-16-12(15)13(2,3)17-11-7-5-10(9-14)6-8-11/h5-8H,4H2,1-3H3. The SMILES string of the molecule is CCOC(=O)C(C)(C)Oc1ccc(C#N)cc1. The number of benzene rings is 1. The van der Waals surface area contributed by atoms with E-state index in [4.69, 9.17) is 14.7 Å². The molecule has 0 fully saturated rings. The van der Waals surface area contributed by atoms with Crippen LogP contribution >= 0.6 is 0 Å². The molecular weight excluding hydrogens is 218 g/mol. The number of nitriles is 1. The Kier molecular flexibility index (Phi) is 4.11. The fourth-order valence-electron chi connectivity index (χ4n) is 1.24. The molecule has 0 radical (unpaired) electrons. The van der Waals surface area contributed by atoms with Gasteiger partial charge in [-0.1, -0.05) is 0 Å². The highest BCUT2D eigenvalue weighted by molar-refractivity contribution is 5.79. The smallest absolute Gasteiger partial charge is 0.349 e. The van der Waals surface area contributed by atoms with Gasteiger partial charge < -0.3 is 9.47 Å².